The fourth-order valence-electron chi connectivity index (χ4n) is 1.85. The molecule has 0 saturated heterocycles. The first-order chi connectivity index (χ1) is 10.3. The van der Waals surface area contributed by atoms with Crippen LogP contribution in [0.3, 0.4) is 0 Å². The summed E-state index contributed by atoms with van der Waals surface area (Å²) in [5, 5.41) is 10.7. The summed E-state index contributed by atoms with van der Waals surface area (Å²) in [5.41, 5.74) is 0.547. The maximum Gasteiger partial charge on any atom is 0.270 e. The molecule has 2 aromatic carbocycles. The fourth-order valence-corrected chi connectivity index (χ4v) is 2.43. The van der Waals surface area contributed by atoms with Crippen molar-refractivity contribution in [3.8, 4) is 0 Å². The SMILES string of the molecule is Cc1ccc(C(=O)C(=O)c2ccc([N+](=O)[O-])cc2Cl)c(Cl)c1. The van der Waals surface area contributed by atoms with Crippen LogP contribution < -0.4 is 0 Å². The summed E-state index contributed by atoms with van der Waals surface area (Å²) in [5.74, 6) is -1.69. The van der Waals surface area contributed by atoms with Crippen LogP contribution in [0.25, 0.3) is 0 Å². The average molecular weight is 338 g/mol. The molecule has 0 heterocycles. The van der Waals surface area contributed by atoms with Gasteiger partial charge in [0.05, 0.1) is 15.0 Å². The molecule has 0 atom stereocenters. The first-order valence-electron chi connectivity index (χ1n) is 6.10. The molecular weight excluding hydrogens is 329 g/mol. The number of nitrogens with zero attached hydrogens (tertiary/aromatic N) is 1. The Morgan fingerprint density at radius 2 is 1.45 bits per heavy atom. The van der Waals surface area contributed by atoms with Crippen LogP contribution in [0.5, 0.6) is 0 Å². The van der Waals surface area contributed by atoms with E-state index in [0.29, 0.717) is 0 Å². The fraction of sp³-hybridized carbons (Fsp3) is 0.0667. The van der Waals surface area contributed by atoms with Crippen molar-refractivity contribution < 1.29 is 14.5 Å². The third-order valence-electron chi connectivity index (χ3n) is 2.98. The van der Waals surface area contributed by atoms with Gasteiger partial charge in [0.1, 0.15) is 0 Å². The lowest BCUT2D eigenvalue weighted by molar-refractivity contribution is -0.384. The number of nitro benzene ring substituents is 1. The maximum atomic E-state index is 12.2. The minimum Gasteiger partial charge on any atom is -0.285 e. The number of nitro groups is 1. The van der Waals surface area contributed by atoms with Gasteiger partial charge < -0.3 is 0 Å². The Hall–Kier alpha value is -2.24. The minimum atomic E-state index is -0.870. The second-order valence-corrected chi connectivity index (χ2v) is 5.38. The highest BCUT2D eigenvalue weighted by Gasteiger charge is 2.24. The summed E-state index contributed by atoms with van der Waals surface area (Å²) in [6.07, 6.45) is 0. The number of rotatable bonds is 4. The van der Waals surface area contributed by atoms with Crippen molar-refractivity contribution >= 4 is 40.5 Å². The lowest BCUT2D eigenvalue weighted by atomic mass is 10.0. The molecule has 5 nitrogen and oxygen atoms in total. The number of benzene rings is 2. The maximum absolute atomic E-state index is 12.2. The van der Waals surface area contributed by atoms with Gasteiger partial charge in [-0.15, -0.1) is 0 Å². The Morgan fingerprint density at radius 1 is 0.955 bits per heavy atom. The number of ketones is 2. The van der Waals surface area contributed by atoms with Crippen molar-refractivity contribution in [1.29, 1.82) is 0 Å². The standard InChI is InChI=1S/C15H9Cl2NO4/c1-8-2-4-10(12(16)6-8)14(19)15(20)11-5-3-9(18(21)22)7-13(11)17/h2-7H,1H3. The summed E-state index contributed by atoms with van der Waals surface area (Å²) in [4.78, 5) is 34.4. The number of carbonyl (C=O) groups excluding carboxylic acids is 2. The molecule has 22 heavy (non-hydrogen) atoms. The van der Waals surface area contributed by atoms with Crippen molar-refractivity contribution in [2.75, 3.05) is 0 Å². The lowest BCUT2D eigenvalue weighted by Gasteiger charge is -2.05. The van der Waals surface area contributed by atoms with Crippen LogP contribution in [0.1, 0.15) is 26.3 Å². The Balaban J connectivity index is 2.39. The molecule has 0 bridgehead atoms. The third kappa shape index (κ3) is 3.16. The molecule has 2 rings (SSSR count). The first kappa shape index (κ1) is 16.1. The normalized spacial score (nSPS) is 10.3. The predicted octanol–water partition coefficient (Wildman–Crippen LogP) is 4.28. The van der Waals surface area contributed by atoms with Gasteiger partial charge in [-0.2, -0.15) is 0 Å². The van der Waals surface area contributed by atoms with Gasteiger partial charge in [0, 0.05) is 23.3 Å². The van der Waals surface area contributed by atoms with Gasteiger partial charge in [-0.05, 0) is 30.7 Å². The number of hydrogen-bond donors (Lipinski definition) is 0. The lowest BCUT2D eigenvalue weighted by Crippen LogP contribution is -2.15. The van der Waals surface area contributed by atoms with Crippen molar-refractivity contribution in [3.63, 3.8) is 0 Å². The zero-order valence-electron chi connectivity index (χ0n) is 11.3. The second kappa shape index (κ2) is 6.25. The number of halogens is 2. The van der Waals surface area contributed by atoms with Gasteiger partial charge in [-0.1, -0.05) is 29.3 Å². The molecule has 0 aliphatic heterocycles. The Bertz CT molecular complexity index is 802. The van der Waals surface area contributed by atoms with Gasteiger partial charge in [-0.25, -0.2) is 0 Å². The summed E-state index contributed by atoms with van der Waals surface area (Å²) in [6.45, 7) is 1.80. The molecule has 0 aliphatic rings. The van der Waals surface area contributed by atoms with Gasteiger partial charge in [0.25, 0.3) is 5.69 Å². The van der Waals surface area contributed by atoms with E-state index in [-0.39, 0.29) is 26.9 Å². The van der Waals surface area contributed by atoms with Crippen LogP contribution in [-0.2, 0) is 0 Å². The van der Waals surface area contributed by atoms with Crippen LogP contribution in [-0.4, -0.2) is 16.5 Å². The number of carbonyl (C=O) groups is 2. The molecule has 0 fully saturated rings. The molecular formula is C15H9Cl2NO4. The van der Waals surface area contributed by atoms with Gasteiger partial charge in [-0.3, -0.25) is 19.7 Å². The van der Waals surface area contributed by atoms with Crippen LogP contribution in [0, 0.1) is 17.0 Å². The molecule has 0 aliphatic carbocycles. The second-order valence-electron chi connectivity index (χ2n) is 4.56. The Kier molecular flexibility index (Phi) is 4.59. The zero-order valence-corrected chi connectivity index (χ0v) is 12.8. The van der Waals surface area contributed by atoms with E-state index in [1.54, 1.807) is 19.1 Å². The molecule has 2 aromatic rings. The van der Waals surface area contributed by atoms with Crippen molar-refractivity contribution in [2.24, 2.45) is 0 Å². The van der Waals surface area contributed by atoms with E-state index < -0.39 is 16.5 Å². The average Bonchev–Trinajstić information content (AvgIpc) is 2.45. The van der Waals surface area contributed by atoms with Crippen LogP contribution in [0.15, 0.2) is 36.4 Å². The Labute approximate surface area is 135 Å². The molecule has 0 N–H and O–H groups in total. The summed E-state index contributed by atoms with van der Waals surface area (Å²) < 4.78 is 0. The molecule has 0 spiro atoms. The van der Waals surface area contributed by atoms with Crippen LogP contribution in [0.4, 0.5) is 5.69 Å². The van der Waals surface area contributed by atoms with Crippen molar-refractivity contribution in [2.45, 2.75) is 6.92 Å². The molecule has 0 aromatic heterocycles. The topological polar surface area (TPSA) is 77.3 Å². The number of hydrogen-bond acceptors (Lipinski definition) is 4. The number of aryl methyl sites for hydroxylation is 1. The van der Waals surface area contributed by atoms with E-state index in [1.807, 2.05) is 0 Å². The predicted molar refractivity (Wildman–Crippen MR) is 83.0 cm³/mol. The van der Waals surface area contributed by atoms with Gasteiger partial charge in [0.2, 0.25) is 11.6 Å². The van der Waals surface area contributed by atoms with E-state index in [4.69, 9.17) is 23.2 Å². The largest absolute Gasteiger partial charge is 0.285 e. The molecule has 0 saturated carbocycles. The highest BCUT2D eigenvalue weighted by Crippen LogP contribution is 2.25. The van der Waals surface area contributed by atoms with E-state index in [9.17, 15) is 19.7 Å². The number of Topliss-reactive ketones (excluding diaryl/α,β-unsaturated/α-hetero) is 2. The minimum absolute atomic E-state index is 0.0617. The molecule has 7 heteroatoms. The Morgan fingerprint density at radius 3 is 1.91 bits per heavy atom. The summed E-state index contributed by atoms with van der Waals surface area (Å²) in [6, 6.07) is 7.98. The van der Waals surface area contributed by atoms with Crippen LogP contribution >= 0.6 is 23.2 Å². The third-order valence-corrected chi connectivity index (χ3v) is 3.61. The van der Waals surface area contributed by atoms with Crippen molar-refractivity contribution in [3.05, 3.63) is 73.2 Å². The smallest absolute Gasteiger partial charge is 0.270 e. The van der Waals surface area contributed by atoms with E-state index in [1.165, 1.54) is 6.07 Å². The summed E-state index contributed by atoms with van der Waals surface area (Å²) in [7, 11) is 0. The quantitative estimate of drug-likeness (QED) is 0.361. The van der Waals surface area contributed by atoms with Gasteiger partial charge in [0.15, 0.2) is 0 Å². The summed E-state index contributed by atoms with van der Waals surface area (Å²) >= 11 is 11.8. The molecule has 0 unspecified atom stereocenters. The first-order valence-corrected chi connectivity index (χ1v) is 6.86. The molecule has 112 valence electrons. The van der Waals surface area contributed by atoms with Gasteiger partial charge >= 0.3 is 0 Å². The highest BCUT2D eigenvalue weighted by molar-refractivity contribution is 6.54. The van der Waals surface area contributed by atoms with Crippen molar-refractivity contribution in [1.82, 2.24) is 0 Å². The van der Waals surface area contributed by atoms with E-state index >= 15 is 0 Å². The van der Waals surface area contributed by atoms with Crippen LogP contribution in [0.2, 0.25) is 10.0 Å². The number of non-ortho nitro benzene ring substituents is 1. The zero-order chi connectivity index (χ0) is 16.4. The monoisotopic (exact) mass is 337 g/mol. The molecule has 0 amide bonds. The molecule has 0 radical (unpaired) electrons. The highest BCUT2D eigenvalue weighted by atomic mass is 35.5. The van der Waals surface area contributed by atoms with E-state index in [0.717, 1.165) is 23.8 Å². The van der Waals surface area contributed by atoms with E-state index in [2.05, 4.69) is 0 Å².